The van der Waals surface area contributed by atoms with E-state index in [1.54, 1.807) is 4.57 Å². The van der Waals surface area contributed by atoms with Crippen LogP contribution in [0.3, 0.4) is 0 Å². The Balaban J connectivity index is 1.45. The van der Waals surface area contributed by atoms with Crippen molar-refractivity contribution in [3.8, 4) is 17.2 Å². The summed E-state index contributed by atoms with van der Waals surface area (Å²) in [5.74, 6) is 1.42. The Labute approximate surface area is 215 Å². The van der Waals surface area contributed by atoms with Crippen LogP contribution in [-0.4, -0.2) is 40.2 Å². The van der Waals surface area contributed by atoms with Crippen molar-refractivity contribution in [1.29, 1.82) is 0 Å². The fourth-order valence-electron chi connectivity index (χ4n) is 4.38. The minimum Gasteiger partial charge on any atom is -0.490 e. The highest BCUT2D eigenvalue weighted by molar-refractivity contribution is 6.11. The summed E-state index contributed by atoms with van der Waals surface area (Å²) in [5, 5.41) is 3.01. The fraction of sp³-hybridized carbons (Fsp3) is 0.207. The van der Waals surface area contributed by atoms with Gasteiger partial charge in [0.25, 0.3) is 5.91 Å². The molecule has 8 heteroatoms. The molecule has 3 aromatic carbocycles. The summed E-state index contributed by atoms with van der Waals surface area (Å²) >= 11 is 0. The number of amides is 1. The molecule has 0 saturated carbocycles. The van der Waals surface area contributed by atoms with E-state index in [9.17, 15) is 4.79 Å². The maximum Gasteiger partial charge on any atom is 0.257 e. The molecule has 37 heavy (non-hydrogen) atoms. The van der Waals surface area contributed by atoms with Gasteiger partial charge in [0.05, 0.1) is 24.2 Å². The fourth-order valence-corrected chi connectivity index (χ4v) is 4.38. The van der Waals surface area contributed by atoms with Crippen LogP contribution in [0.4, 0.5) is 5.82 Å². The molecule has 188 valence electrons. The number of fused-ring (bicyclic) bond motifs is 2. The van der Waals surface area contributed by atoms with Crippen LogP contribution in [-0.2, 0) is 6.42 Å². The number of carbonyl (C=O) groups is 1. The highest BCUT2D eigenvalue weighted by atomic mass is 16.5. The average Bonchev–Trinajstić information content (AvgIpc) is 3.20. The lowest BCUT2D eigenvalue weighted by Crippen LogP contribution is -2.26. The van der Waals surface area contributed by atoms with E-state index in [1.807, 2.05) is 86.6 Å². The van der Waals surface area contributed by atoms with Gasteiger partial charge in [-0.05, 0) is 62.2 Å². The summed E-state index contributed by atoms with van der Waals surface area (Å²) in [6.07, 6.45) is 0.615. The second-order valence-corrected chi connectivity index (χ2v) is 8.47. The Hall–Kier alpha value is -4.59. The lowest BCUT2D eigenvalue weighted by molar-refractivity contribution is 0.0956. The summed E-state index contributed by atoms with van der Waals surface area (Å²) < 4.78 is 13.2. The molecule has 2 heterocycles. The van der Waals surface area contributed by atoms with E-state index in [0.29, 0.717) is 65.7 Å². The molecule has 0 unspecified atom stereocenters. The van der Waals surface area contributed by atoms with Crippen LogP contribution < -0.4 is 20.5 Å². The van der Waals surface area contributed by atoms with Crippen molar-refractivity contribution in [1.82, 2.24) is 19.9 Å². The lowest BCUT2D eigenvalue weighted by Gasteiger charge is -2.12. The minimum atomic E-state index is -0.294. The minimum absolute atomic E-state index is 0.294. The Bertz CT molecular complexity index is 1560. The van der Waals surface area contributed by atoms with Crippen molar-refractivity contribution in [2.75, 3.05) is 25.5 Å². The number of nitrogens with zero attached hydrogens (tertiary/aromatic N) is 3. The van der Waals surface area contributed by atoms with E-state index >= 15 is 0 Å². The topological polar surface area (TPSA) is 104 Å². The number of para-hydroxylation sites is 3. The molecule has 0 atom stereocenters. The zero-order valence-electron chi connectivity index (χ0n) is 20.9. The zero-order valence-corrected chi connectivity index (χ0v) is 20.9. The van der Waals surface area contributed by atoms with E-state index in [1.165, 1.54) is 0 Å². The molecule has 2 aromatic heterocycles. The molecule has 5 aromatic rings. The molecule has 0 aliphatic heterocycles. The summed E-state index contributed by atoms with van der Waals surface area (Å²) in [5.41, 5.74) is 11.2. The van der Waals surface area contributed by atoms with Crippen molar-refractivity contribution >= 4 is 33.9 Å². The van der Waals surface area contributed by atoms with Crippen molar-refractivity contribution in [3.63, 3.8) is 0 Å². The maximum atomic E-state index is 13.4. The molecule has 0 fully saturated rings. The Morgan fingerprint density at radius 1 is 0.892 bits per heavy atom. The Morgan fingerprint density at radius 2 is 1.57 bits per heavy atom. The van der Waals surface area contributed by atoms with Crippen LogP contribution in [0.5, 0.6) is 11.5 Å². The van der Waals surface area contributed by atoms with Gasteiger partial charge in [0, 0.05) is 12.2 Å². The number of nitrogens with one attached hydrogen (secondary N) is 1. The first kappa shape index (κ1) is 24.1. The van der Waals surface area contributed by atoms with Crippen LogP contribution in [0.2, 0.25) is 0 Å². The number of carbonyl (C=O) groups excluding carboxylic acids is 1. The van der Waals surface area contributed by atoms with Gasteiger partial charge < -0.3 is 20.5 Å². The molecule has 0 bridgehead atoms. The second kappa shape index (κ2) is 10.6. The first-order valence-corrected chi connectivity index (χ1v) is 12.4. The van der Waals surface area contributed by atoms with E-state index in [2.05, 4.69) is 5.32 Å². The first-order valence-electron chi connectivity index (χ1n) is 12.4. The number of nitrogens with two attached hydrogens (primary N) is 1. The Morgan fingerprint density at radius 3 is 2.30 bits per heavy atom. The largest absolute Gasteiger partial charge is 0.490 e. The Kier molecular flexibility index (Phi) is 6.89. The lowest BCUT2D eigenvalue weighted by atomic mass is 10.1. The standard InChI is InChI=1S/C29H29N5O3/c1-3-36-23-15-14-19(18-24(23)37-4-2)16-17-31-29(35)25-26-28(33-22-13-9-8-12-21(22)32-26)34(27(25)30)20-10-6-5-7-11-20/h5-15,18H,3-4,16-17,30H2,1-2H3,(H,31,35). The van der Waals surface area contributed by atoms with Crippen LogP contribution in [0.1, 0.15) is 29.8 Å². The molecular formula is C29H29N5O3. The molecule has 0 radical (unpaired) electrons. The number of anilines is 1. The predicted octanol–water partition coefficient (Wildman–Crippen LogP) is 4.93. The quantitative estimate of drug-likeness (QED) is 0.301. The predicted molar refractivity (Wildman–Crippen MR) is 146 cm³/mol. The van der Waals surface area contributed by atoms with Crippen LogP contribution in [0, 0.1) is 0 Å². The number of aromatic nitrogens is 3. The molecule has 8 nitrogen and oxygen atoms in total. The monoisotopic (exact) mass is 495 g/mol. The summed E-state index contributed by atoms with van der Waals surface area (Å²) in [6.45, 7) is 5.39. The zero-order chi connectivity index (χ0) is 25.8. The molecule has 5 rings (SSSR count). The summed E-state index contributed by atoms with van der Waals surface area (Å²) in [6, 6.07) is 23.0. The third-order valence-electron chi connectivity index (χ3n) is 6.05. The van der Waals surface area contributed by atoms with Crippen LogP contribution >= 0.6 is 0 Å². The third kappa shape index (κ3) is 4.78. The first-order chi connectivity index (χ1) is 18.1. The van der Waals surface area contributed by atoms with E-state index < -0.39 is 0 Å². The molecule has 0 aliphatic carbocycles. The van der Waals surface area contributed by atoms with Crippen molar-refractivity contribution in [2.45, 2.75) is 20.3 Å². The van der Waals surface area contributed by atoms with Gasteiger partial charge in [0.2, 0.25) is 0 Å². The highest BCUT2D eigenvalue weighted by Gasteiger charge is 2.24. The van der Waals surface area contributed by atoms with Gasteiger partial charge in [-0.2, -0.15) is 0 Å². The number of nitrogen functional groups attached to an aromatic ring is 1. The van der Waals surface area contributed by atoms with Gasteiger partial charge in [-0.3, -0.25) is 9.36 Å². The van der Waals surface area contributed by atoms with E-state index in [4.69, 9.17) is 25.2 Å². The molecule has 0 saturated heterocycles. The van der Waals surface area contributed by atoms with Crippen molar-refractivity contribution < 1.29 is 14.3 Å². The number of hydrogen-bond acceptors (Lipinski definition) is 6. The average molecular weight is 496 g/mol. The van der Waals surface area contributed by atoms with E-state index in [0.717, 1.165) is 16.8 Å². The van der Waals surface area contributed by atoms with Crippen LogP contribution in [0.25, 0.3) is 27.9 Å². The molecule has 0 spiro atoms. The third-order valence-corrected chi connectivity index (χ3v) is 6.05. The van der Waals surface area contributed by atoms with Gasteiger partial charge >= 0.3 is 0 Å². The highest BCUT2D eigenvalue weighted by Crippen LogP contribution is 2.31. The van der Waals surface area contributed by atoms with E-state index in [-0.39, 0.29) is 5.91 Å². The number of hydrogen-bond donors (Lipinski definition) is 2. The van der Waals surface area contributed by atoms with Crippen LogP contribution in [0.15, 0.2) is 72.8 Å². The molecule has 3 N–H and O–H groups in total. The number of rotatable bonds is 9. The second-order valence-electron chi connectivity index (χ2n) is 8.47. The van der Waals surface area contributed by atoms with Gasteiger partial charge in [0.1, 0.15) is 16.9 Å². The summed E-state index contributed by atoms with van der Waals surface area (Å²) in [4.78, 5) is 23.0. The van der Waals surface area contributed by atoms with Gasteiger partial charge in [-0.15, -0.1) is 0 Å². The molecule has 1 amide bonds. The van der Waals surface area contributed by atoms with Gasteiger partial charge in [-0.1, -0.05) is 36.4 Å². The summed E-state index contributed by atoms with van der Waals surface area (Å²) in [7, 11) is 0. The smallest absolute Gasteiger partial charge is 0.257 e. The van der Waals surface area contributed by atoms with Gasteiger partial charge in [-0.25, -0.2) is 9.97 Å². The molecular weight excluding hydrogens is 466 g/mol. The molecule has 0 aliphatic rings. The maximum absolute atomic E-state index is 13.4. The normalized spacial score (nSPS) is 11.1. The van der Waals surface area contributed by atoms with Gasteiger partial charge in [0.15, 0.2) is 17.1 Å². The van der Waals surface area contributed by atoms with Crippen molar-refractivity contribution in [3.05, 3.63) is 83.9 Å². The van der Waals surface area contributed by atoms with Crippen molar-refractivity contribution in [2.24, 2.45) is 0 Å². The number of benzene rings is 3. The SMILES string of the molecule is CCOc1ccc(CCNC(=O)c2c(N)n(-c3ccccc3)c3nc4ccccc4nc23)cc1OCC. The number of ether oxygens (including phenoxy) is 2.